The Labute approximate surface area is 300 Å². The van der Waals surface area contributed by atoms with Crippen molar-refractivity contribution in [1.29, 1.82) is 0 Å². The van der Waals surface area contributed by atoms with Crippen molar-refractivity contribution >= 4 is 22.3 Å². The second kappa shape index (κ2) is 20.9. The lowest BCUT2D eigenvalue weighted by Gasteiger charge is -2.40. The molecule has 0 radical (unpaired) electrons. The monoisotopic (exact) mass is 793 g/mol. The van der Waals surface area contributed by atoms with Gasteiger partial charge in [-0.05, 0) is 6.42 Å². The number of unbranched alkanes of at least 4 members (excludes halogenated alkanes) is 8. The van der Waals surface area contributed by atoms with Gasteiger partial charge in [0.1, 0.15) is 43.2 Å². The largest absolute Gasteiger partial charge is 0.622 e. The first-order valence-electron chi connectivity index (χ1n) is 17.1. The van der Waals surface area contributed by atoms with E-state index in [9.17, 15) is 59.5 Å². The number of rotatable bonds is 22. The van der Waals surface area contributed by atoms with Gasteiger partial charge in [0.15, 0.2) is 12.3 Å². The molecule has 2 aliphatic heterocycles. The number of hydrogen-bond acceptors (Lipinski definition) is 19. The summed E-state index contributed by atoms with van der Waals surface area (Å²) in [6.45, 7) is 0.329. The smallest absolute Gasteiger partial charge is 0.458 e. The molecule has 21 nitrogen and oxygen atoms in total. The van der Waals surface area contributed by atoms with Crippen LogP contribution in [0.3, 0.4) is 0 Å². The number of aliphatic hydroxyl groups is 5. The SMILES string of the molecule is CCCCCCCCCCC[C@@H](O)CC(=O)O[C@@H]1[C@@H](N)[C@@H](O[P+](O)(O)O[P+](O)(O)OC[C@H]2O[C@@H](n3ccc(=O)[nH]c3=O)[C@H](O)[C@@H]2O)O[C@H](CO)[C@H]1O. The fourth-order valence-corrected chi connectivity index (χ4v) is 7.98. The minimum absolute atomic E-state index is 0.328. The maximum Gasteiger partial charge on any atom is 0.622 e. The molecule has 23 heteroatoms. The summed E-state index contributed by atoms with van der Waals surface area (Å²) in [7, 11) is -10.6. The molecule has 0 aromatic carbocycles. The van der Waals surface area contributed by atoms with Gasteiger partial charge >= 0.3 is 28.0 Å². The Morgan fingerprint density at radius 2 is 1.58 bits per heavy atom. The molecule has 1 aromatic heterocycles. The minimum atomic E-state index is -5.35. The van der Waals surface area contributed by atoms with E-state index in [4.69, 9.17) is 29.0 Å². The van der Waals surface area contributed by atoms with E-state index in [1.165, 1.54) is 25.7 Å². The number of aromatic amines is 1. The number of carbonyl (C=O) groups excluding carboxylic acids is 1. The third-order valence-electron chi connectivity index (χ3n) is 8.53. The van der Waals surface area contributed by atoms with Gasteiger partial charge in [0.05, 0.1) is 23.4 Å². The van der Waals surface area contributed by atoms with E-state index in [1.807, 2.05) is 4.98 Å². The summed E-state index contributed by atoms with van der Waals surface area (Å²) in [5, 5.41) is 51.3. The number of H-pyrrole nitrogens is 1. The third-order valence-corrected chi connectivity index (χ3v) is 11.2. The highest BCUT2D eigenvalue weighted by Gasteiger charge is 2.64. The molecule has 52 heavy (non-hydrogen) atoms. The predicted octanol–water partition coefficient (Wildman–Crippen LogP) is -1.48. The number of aromatic nitrogens is 2. The molecule has 0 amide bonds. The van der Waals surface area contributed by atoms with Crippen molar-refractivity contribution in [3.63, 3.8) is 0 Å². The van der Waals surface area contributed by atoms with Gasteiger partial charge in [0.2, 0.25) is 6.29 Å². The summed E-state index contributed by atoms with van der Waals surface area (Å²) in [5.74, 6) is -0.955. The molecular weight excluding hydrogens is 740 g/mol. The van der Waals surface area contributed by atoms with Crippen LogP contribution in [0.5, 0.6) is 0 Å². The van der Waals surface area contributed by atoms with Crippen molar-refractivity contribution in [1.82, 2.24) is 9.55 Å². The van der Waals surface area contributed by atoms with E-state index in [0.29, 0.717) is 12.8 Å². The van der Waals surface area contributed by atoms with Gasteiger partial charge in [-0.15, -0.1) is 9.05 Å². The minimum Gasteiger partial charge on any atom is -0.458 e. The fourth-order valence-electron chi connectivity index (χ4n) is 5.73. The number of nitrogens with zero attached hydrogens (tertiary/aromatic N) is 1. The average molecular weight is 794 g/mol. The molecule has 0 saturated carbocycles. The van der Waals surface area contributed by atoms with E-state index >= 15 is 0 Å². The number of hydrogen-bond donors (Lipinski definition) is 11. The molecule has 0 spiro atoms. The number of aliphatic hydroxyl groups excluding tert-OH is 5. The van der Waals surface area contributed by atoms with Crippen molar-refractivity contribution in [2.75, 3.05) is 13.2 Å². The molecule has 3 heterocycles. The topological polar surface area (TPSA) is 335 Å². The van der Waals surface area contributed by atoms with Crippen molar-refractivity contribution in [2.45, 2.75) is 139 Å². The Kier molecular flexibility index (Phi) is 18.0. The zero-order valence-electron chi connectivity index (χ0n) is 28.7. The van der Waals surface area contributed by atoms with Crippen LogP contribution in [-0.4, -0.2) is 129 Å². The molecule has 3 rings (SSSR count). The van der Waals surface area contributed by atoms with Crippen LogP contribution in [0.1, 0.15) is 83.8 Å². The molecule has 0 aliphatic carbocycles. The van der Waals surface area contributed by atoms with Gasteiger partial charge < -0.3 is 45.5 Å². The van der Waals surface area contributed by atoms with E-state index in [-0.39, 0.29) is 0 Å². The fraction of sp³-hybridized carbons (Fsp3) is 0.828. The first-order chi connectivity index (χ1) is 24.5. The van der Waals surface area contributed by atoms with Gasteiger partial charge in [0, 0.05) is 12.3 Å². The Balaban J connectivity index is 1.50. The number of nitrogens with two attached hydrogens (primary N) is 1. The van der Waals surface area contributed by atoms with Crippen molar-refractivity contribution in [3.8, 4) is 0 Å². The van der Waals surface area contributed by atoms with Gasteiger partial charge in [-0.25, -0.2) is 4.79 Å². The van der Waals surface area contributed by atoms with Crippen molar-refractivity contribution in [2.24, 2.45) is 5.73 Å². The molecule has 2 saturated heterocycles. The summed E-state index contributed by atoms with van der Waals surface area (Å²) in [4.78, 5) is 79.3. The third kappa shape index (κ3) is 13.6. The standard InChI is InChI=1S/C29H52N3O18P2/c1-2-3-4-5-6-7-8-9-10-11-17(34)14-21(36)48-26-22(30)28(47-18(15-33)24(26)38)49-52(43,44)50-51(41,42)45-16-19-23(37)25(39)27(46-19)32-13-12-20(35)31-29(32)40/h12-13,17-19,22-28,33-34,37-39,41-44H,2-11,14-16,30H2,1H3/q+1/p+1/t17-,18-,19-,22-,23-,24-,25-,26-,27-,28-/m1/s1. The molecule has 2 fully saturated rings. The van der Waals surface area contributed by atoms with Crippen molar-refractivity contribution < 1.29 is 77.5 Å². The molecule has 1 aromatic rings. The Morgan fingerprint density at radius 3 is 2.19 bits per heavy atom. The number of esters is 1. The highest BCUT2D eigenvalue weighted by atomic mass is 31.3. The second-order valence-electron chi connectivity index (χ2n) is 12.8. The van der Waals surface area contributed by atoms with Crippen LogP contribution >= 0.6 is 16.3 Å². The van der Waals surface area contributed by atoms with Crippen LogP contribution in [0.2, 0.25) is 0 Å². The van der Waals surface area contributed by atoms with Crippen LogP contribution in [0.4, 0.5) is 0 Å². The molecule has 10 atom stereocenters. The lowest BCUT2D eigenvalue weighted by Crippen LogP contribution is -2.63. The molecule has 0 bridgehead atoms. The van der Waals surface area contributed by atoms with E-state index in [2.05, 4.69) is 11.2 Å². The summed E-state index contributed by atoms with van der Waals surface area (Å²) in [6, 6.07) is -0.714. The van der Waals surface area contributed by atoms with Crippen LogP contribution < -0.4 is 17.0 Å². The highest BCUT2D eigenvalue weighted by molar-refractivity contribution is 7.68. The summed E-state index contributed by atoms with van der Waals surface area (Å²) in [5.41, 5.74) is 4.32. The molecular formula is C29H53N3O18P2+2. The first kappa shape index (κ1) is 44.8. The van der Waals surface area contributed by atoms with Gasteiger partial charge in [0.25, 0.3) is 5.56 Å². The number of carbonyl (C=O) groups is 1. The van der Waals surface area contributed by atoms with E-state index in [0.717, 1.165) is 42.5 Å². The molecule has 0 unspecified atom stereocenters. The molecule has 300 valence electrons. The zero-order chi connectivity index (χ0) is 38.6. The van der Waals surface area contributed by atoms with Gasteiger partial charge in [-0.3, -0.25) is 19.1 Å². The van der Waals surface area contributed by atoms with Gasteiger partial charge in [-0.1, -0.05) is 64.7 Å². The normalized spacial score (nSPS) is 28.9. The van der Waals surface area contributed by atoms with E-state index < -0.39 is 114 Å². The quantitative estimate of drug-likeness (QED) is 0.0362. The maximum atomic E-state index is 12.6. The zero-order valence-corrected chi connectivity index (χ0v) is 30.5. The van der Waals surface area contributed by atoms with Crippen LogP contribution in [0, 0.1) is 0 Å². The molecule has 2 aliphatic rings. The Bertz CT molecular complexity index is 1350. The lowest BCUT2D eigenvalue weighted by atomic mass is 9.97. The van der Waals surface area contributed by atoms with Crippen molar-refractivity contribution in [3.05, 3.63) is 33.1 Å². The number of nitrogens with one attached hydrogen (secondary N) is 1. The lowest BCUT2D eigenvalue weighted by molar-refractivity contribution is -0.250. The first-order valence-corrected chi connectivity index (χ1v) is 20.2. The Morgan fingerprint density at radius 1 is 0.942 bits per heavy atom. The van der Waals surface area contributed by atoms with Crippen LogP contribution in [0.25, 0.3) is 0 Å². The average Bonchev–Trinajstić information content (AvgIpc) is 3.34. The summed E-state index contributed by atoms with van der Waals surface area (Å²) < 4.78 is 30.9. The maximum absolute atomic E-state index is 12.6. The Hall–Kier alpha value is -1.59. The second-order valence-corrected chi connectivity index (χ2v) is 15.8. The molecule has 12 N–H and O–H groups in total. The van der Waals surface area contributed by atoms with Gasteiger partial charge in [-0.2, -0.15) is 19.6 Å². The highest BCUT2D eigenvalue weighted by Crippen LogP contribution is 2.70. The van der Waals surface area contributed by atoms with E-state index in [1.54, 1.807) is 0 Å². The number of ether oxygens (including phenoxy) is 3. The van der Waals surface area contributed by atoms with Crippen LogP contribution in [-0.2, 0) is 32.4 Å². The van der Waals surface area contributed by atoms with Crippen LogP contribution in [0.15, 0.2) is 21.9 Å². The summed E-state index contributed by atoms with van der Waals surface area (Å²) >= 11 is 0. The predicted molar refractivity (Wildman–Crippen MR) is 180 cm³/mol. The summed E-state index contributed by atoms with van der Waals surface area (Å²) in [6.07, 6.45) is -4.02.